The van der Waals surface area contributed by atoms with Gasteiger partial charge in [-0.3, -0.25) is 10.1 Å². The molecule has 116 valence electrons. The Kier molecular flexibility index (Phi) is 5.35. The molecule has 7 heteroatoms. The van der Waals surface area contributed by atoms with Crippen molar-refractivity contribution in [1.82, 2.24) is 0 Å². The van der Waals surface area contributed by atoms with E-state index in [-0.39, 0.29) is 23.3 Å². The monoisotopic (exact) mass is 295 g/mol. The fourth-order valence-corrected chi connectivity index (χ4v) is 2.48. The number of nitrogens with one attached hydrogen (secondary N) is 1. The maximum absolute atomic E-state index is 11.5. The fraction of sp³-hybridized carbons (Fsp3) is 0.571. The highest BCUT2D eigenvalue weighted by atomic mass is 16.6. The number of ether oxygens (including phenoxy) is 1. The second-order valence-corrected chi connectivity index (χ2v) is 4.96. The van der Waals surface area contributed by atoms with Crippen molar-refractivity contribution in [3.63, 3.8) is 0 Å². The summed E-state index contributed by atoms with van der Waals surface area (Å²) in [5, 5.41) is 24.0. The van der Waals surface area contributed by atoms with E-state index in [0.29, 0.717) is 37.7 Å². The first kappa shape index (κ1) is 15.5. The van der Waals surface area contributed by atoms with Crippen LogP contribution in [0.25, 0.3) is 0 Å². The van der Waals surface area contributed by atoms with Crippen LogP contribution in [0, 0.1) is 10.1 Å². The maximum Gasteiger partial charge on any atom is 0.315 e. The van der Waals surface area contributed by atoms with Crippen molar-refractivity contribution in [2.75, 3.05) is 43.1 Å². The average Bonchev–Trinajstić information content (AvgIpc) is 2.52. The molecule has 1 aromatic carbocycles. The van der Waals surface area contributed by atoms with Crippen molar-refractivity contribution in [2.24, 2.45) is 0 Å². The topological polar surface area (TPSA) is 87.9 Å². The third kappa shape index (κ3) is 3.43. The second kappa shape index (κ2) is 7.24. The van der Waals surface area contributed by atoms with Crippen LogP contribution in [0.15, 0.2) is 18.2 Å². The summed E-state index contributed by atoms with van der Waals surface area (Å²) < 4.78 is 5.33. The third-order valence-electron chi connectivity index (χ3n) is 3.51. The largest absolute Gasteiger partial charge is 0.394 e. The molecule has 1 unspecified atom stereocenters. The number of benzene rings is 1. The number of nitrogens with zero attached hydrogens (tertiary/aromatic N) is 2. The van der Waals surface area contributed by atoms with E-state index in [9.17, 15) is 15.2 Å². The average molecular weight is 295 g/mol. The molecule has 2 N–H and O–H groups in total. The predicted octanol–water partition coefficient (Wildman–Crippen LogP) is 1.61. The van der Waals surface area contributed by atoms with Crippen molar-refractivity contribution in [1.29, 1.82) is 0 Å². The fourth-order valence-electron chi connectivity index (χ4n) is 2.48. The number of aliphatic hydroxyl groups is 1. The highest BCUT2D eigenvalue weighted by molar-refractivity contribution is 5.77. The quantitative estimate of drug-likeness (QED) is 0.612. The number of anilines is 2. The second-order valence-electron chi connectivity index (χ2n) is 4.96. The van der Waals surface area contributed by atoms with Crippen LogP contribution >= 0.6 is 0 Å². The molecule has 0 bridgehead atoms. The third-order valence-corrected chi connectivity index (χ3v) is 3.51. The van der Waals surface area contributed by atoms with Crippen molar-refractivity contribution in [3.05, 3.63) is 28.3 Å². The lowest BCUT2D eigenvalue weighted by atomic mass is 10.1. The van der Waals surface area contributed by atoms with Gasteiger partial charge in [0.25, 0.3) is 0 Å². The van der Waals surface area contributed by atoms with Gasteiger partial charge >= 0.3 is 5.69 Å². The van der Waals surface area contributed by atoms with Gasteiger partial charge in [-0.1, -0.05) is 13.0 Å². The van der Waals surface area contributed by atoms with E-state index < -0.39 is 0 Å². The van der Waals surface area contributed by atoms with E-state index in [1.807, 2.05) is 11.8 Å². The summed E-state index contributed by atoms with van der Waals surface area (Å²) in [5.74, 6) is 0. The SMILES string of the molecule is CCCNc1cccc(N2CCOCC2CO)c1[N+](=O)[O-]. The van der Waals surface area contributed by atoms with Crippen molar-refractivity contribution in [3.8, 4) is 0 Å². The number of aliphatic hydroxyl groups excluding tert-OH is 1. The molecule has 1 atom stereocenters. The summed E-state index contributed by atoms with van der Waals surface area (Å²) >= 11 is 0. The molecule has 2 rings (SSSR count). The summed E-state index contributed by atoms with van der Waals surface area (Å²) in [6.45, 7) is 4.00. The first-order valence-electron chi connectivity index (χ1n) is 7.15. The minimum absolute atomic E-state index is 0.0614. The van der Waals surface area contributed by atoms with Gasteiger partial charge in [0.1, 0.15) is 11.4 Å². The molecular weight excluding hydrogens is 274 g/mol. The van der Waals surface area contributed by atoms with E-state index >= 15 is 0 Å². The molecule has 1 aromatic rings. The zero-order valence-corrected chi connectivity index (χ0v) is 12.1. The molecule has 0 aromatic heterocycles. The van der Waals surface area contributed by atoms with Crippen LogP contribution in [0.4, 0.5) is 17.1 Å². The molecule has 1 heterocycles. The molecule has 0 spiro atoms. The zero-order chi connectivity index (χ0) is 15.2. The number of nitro benzene ring substituents is 1. The Balaban J connectivity index is 2.39. The number of rotatable bonds is 6. The Labute approximate surface area is 123 Å². The maximum atomic E-state index is 11.5. The molecule has 21 heavy (non-hydrogen) atoms. The van der Waals surface area contributed by atoms with Crippen molar-refractivity contribution < 1.29 is 14.8 Å². The van der Waals surface area contributed by atoms with Gasteiger partial charge in [0.15, 0.2) is 0 Å². The van der Waals surface area contributed by atoms with E-state index in [1.165, 1.54) is 0 Å². The number of hydrogen-bond acceptors (Lipinski definition) is 6. The first-order valence-corrected chi connectivity index (χ1v) is 7.15. The number of morpholine rings is 1. The Hall–Kier alpha value is -1.86. The molecule has 0 aliphatic carbocycles. The smallest absolute Gasteiger partial charge is 0.315 e. The normalized spacial score (nSPS) is 18.6. The molecular formula is C14H21N3O4. The van der Waals surface area contributed by atoms with Gasteiger partial charge in [-0.2, -0.15) is 0 Å². The molecule has 1 saturated heterocycles. The lowest BCUT2D eigenvalue weighted by molar-refractivity contribution is -0.383. The van der Waals surface area contributed by atoms with Gasteiger partial charge in [-0.25, -0.2) is 0 Å². The molecule has 1 fully saturated rings. The Morgan fingerprint density at radius 1 is 1.57 bits per heavy atom. The minimum atomic E-state index is -0.364. The lowest BCUT2D eigenvalue weighted by Crippen LogP contribution is -2.47. The van der Waals surface area contributed by atoms with Crippen LogP contribution in [0.5, 0.6) is 0 Å². The van der Waals surface area contributed by atoms with E-state index in [1.54, 1.807) is 18.2 Å². The molecule has 0 amide bonds. The molecule has 7 nitrogen and oxygen atoms in total. The van der Waals surface area contributed by atoms with E-state index in [4.69, 9.17) is 4.74 Å². The lowest BCUT2D eigenvalue weighted by Gasteiger charge is -2.36. The molecule has 1 aliphatic rings. The van der Waals surface area contributed by atoms with Gasteiger partial charge < -0.3 is 20.1 Å². The first-order chi connectivity index (χ1) is 10.2. The van der Waals surface area contributed by atoms with Gasteiger partial charge in [0, 0.05) is 13.1 Å². The van der Waals surface area contributed by atoms with Crippen LogP contribution < -0.4 is 10.2 Å². The van der Waals surface area contributed by atoms with Crippen LogP contribution in [0.3, 0.4) is 0 Å². The van der Waals surface area contributed by atoms with Crippen LogP contribution in [-0.4, -0.2) is 49.0 Å². The summed E-state index contributed by atoms with van der Waals surface area (Å²) in [4.78, 5) is 13.0. The van der Waals surface area contributed by atoms with Gasteiger partial charge in [0.2, 0.25) is 0 Å². The summed E-state index contributed by atoms with van der Waals surface area (Å²) in [6, 6.07) is 4.98. The summed E-state index contributed by atoms with van der Waals surface area (Å²) in [6.07, 6.45) is 0.887. The van der Waals surface area contributed by atoms with Crippen molar-refractivity contribution in [2.45, 2.75) is 19.4 Å². The molecule has 0 saturated carbocycles. The Bertz CT molecular complexity index is 495. The Morgan fingerprint density at radius 3 is 3.05 bits per heavy atom. The Morgan fingerprint density at radius 2 is 2.38 bits per heavy atom. The number of para-hydroxylation sites is 1. The van der Waals surface area contributed by atoms with Gasteiger partial charge in [-0.05, 0) is 18.6 Å². The van der Waals surface area contributed by atoms with Crippen LogP contribution in [-0.2, 0) is 4.74 Å². The standard InChI is InChI=1S/C14H21N3O4/c1-2-6-15-12-4-3-5-13(14(12)17(19)20)16-7-8-21-10-11(16)9-18/h3-5,11,15,18H,2,6-10H2,1H3. The van der Waals surface area contributed by atoms with E-state index in [2.05, 4.69) is 5.32 Å². The minimum Gasteiger partial charge on any atom is -0.394 e. The summed E-state index contributed by atoms with van der Waals surface area (Å²) in [5.41, 5.74) is 1.11. The zero-order valence-electron chi connectivity index (χ0n) is 12.1. The molecule has 1 aliphatic heterocycles. The highest BCUT2D eigenvalue weighted by Gasteiger charge is 2.30. The number of hydrogen-bond donors (Lipinski definition) is 2. The van der Waals surface area contributed by atoms with Crippen LogP contribution in [0.2, 0.25) is 0 Å². The molecule has 0 radical (unpaired) electrons. The van der Waals surface area contributed by atoms with E-state index in [0.717, 1.165) is 6.42 Å². The van der Waals surface area contributed by atoms with Gasteiger partial charge in [-0.15, -0.1) is 0 Å². The number of nitro groups is 1. The van der Waals surface area contributed by atoms with Gasteiger partial charge in [0.05, 0.1) is 30.8 Å². The summed E-state index contributed by atoms with van der Waals surface area (Å²) in [7, 11) is 0. The van der Waals surface area contributed by atoms with Crippen molar-refractivity contribution >= 4 is 17.1 Å². The predicted molar refractivity (Wildman–Crippen MR) is 80.9 cm³/mol. The van der Waals surface area contributed by atoms with Crippen LogP contribution in [0.1, 0.15) is 13.3 Å². The highest BCUT2D eigenvalue weighted by Crippen LogP contribution is 2.36.